The molecule has 0 bridgehead atoms. The Morgan fingerprint density at radius 3 is 2.57 bits per heavy atom. The Bertz CT molecular complexity index is 1260. The first-order valence-corrected chi connectivity index (χ1v) is 12.5. The van der Waals surface area contributed by atoms with E-state index in [-0.39, 0.29) is 27.8 Å². The summed E-state index contributed by atoms with van der Waals surface area (Å²) in [4.78, 5) is 51.0. The van der Waals surface area contributed by atoms with Crippen LogP contribution in [0.3, 0.4) is 0 Å². The molecule has 2 aromatic carbocycles. The summed E-state index contributed by atoms with van der Waals surface area (Å²) in [6, 6.07) is 9.43. The molecular formula is C26H25ClN2O7S. The summed E-state index contributed by atoms with van der Waals surface area (Å²) >= 11 is 6.77. The first kappa shape index (κ1) is 27.8. The Balaban J connectivity index is 1.71. The van der Waals surface area contributed by atoms with E-state index in [1.807, 2.05) is 6.92 Å². The summed E-state index contributed by atoms with van der Waals surface area (Å²) < 4.78 is 16.1. The van der Waals surface area contributed by atoms with Gasteiger partial charge in [-0.1, -0.05) is 30.3 Å². The molecule has 0 aromatic heterocycles. The number of carbonyl (C=O) groups is 4. The lowest BCUT2D eigenvalue weighted by atomic mass is 10.2. The van der Waals surface area contributed by atoms with Gasteiger partial charge in [0.05, 0.1) is 28.7 Å². The summed E-state index contributed by atoms with van der Waals surface area (Å²) in [5, 5.41) is 2.15. The van der Waals surface area contributed by atoms with E-state index in [4.69, 9.17) is 25.8 Å². The number of halogens is 1. The predicted octanol–water partition coefficient (Wildman–Crippen LogP) is 5.16. The Labute approximate surface area is 223 Å². The topological polar surface area (TPSA) is 111 Å². The minimum absolute atomic E-state index is 0.0859. The Kier molecular flexibility index (Phi) is 9.76. The average molecular weight is 545 g/mol. The normalized spacial score (nSPS) is 14.0. The van der Waals surface area contributed by atoms with Gasteiger partial charge in [-0.05, 0) is 67.6 Å². The molecule has 0 spiro atoms. The standard InChI is InChI=1S/C26H25ClN2O7S/c1-4-11-36-20-10-7-16(12-21(20)34-5-2)13-22-24(31)29(26(33)37-22)15-23(30)28-17-8-9-19(27)18(14-17)25(32)35-6-3/h4,7-10,12-14H,1,5-6,11,15H2,2-3H3,(H,28,30)/b22-13+. The number of hydrogen-bond acceptors (Lipinski definition) is 8. The molecule has 1 heterocycles. The number of carbonyl (C=O) groups excluding carboxylic acids is 4. The lowest BCUT2D eigenvalue weighted by Crippen LogP contribution is -2.36. The van der Waals surface area contributed by atoms with E-state index < -0.39 is 29.6 Å². The van der Waals surface area contributed by atoms with Crippen LogP contribution in [0.4, 0.5) is 10.5 Å². The van der Waals surface area contributed by atoms with E-state index >= 15 is 0 Å². The molecule has 2 aromatic rings. The third-order valence-corrected chi connectivity index (χ3v) is 6.08. The Hall–Kier alpha value is -3.76. The van der Waals surface area contributed by atoms with Crippen LogP contribution in [0.25, 0.3) is 6.08 Å². The van der Waals surface area contributed by atoms with Crippen LogP contribution in [0.15, 0.2) is 54.0 Å². The zero-order chi connectivity index (χ0) is 26.9. The number of nitrogens with zero attached hydrogens (tertiary/aromatic N) is 1. The monoisotopic (exact) mass is 544 g/mol. The van der Waals surface area contributed by atoms with E-state index in [2.05, 4.69) is 11.9 Å². The number of benzene rings is 2. The maximum Gasteiger partial charge on any atom is 0.339 e. The highest BCUT2D eigenvalue weighted by molar-refractivity contribution is 8.18. The fraction of sp³-hybridized carbons (Fsp3) is 0.231. The van der Waals surface area contributed by atoms with Gasteiger partial charge in [0.1, 0.15) is 13.2 Å². The number of ether oxygens (including phenoxy) is 3. The van der Waals surface area contributed by atoms with Crippen LogP contribution < -0.4 is 14.8 Å². The quantitative estimate of drug-likeness (QED) is 0.235. The maximum atomic E-state index is 12.9. The second kappa shape index (κ2) is 13.0. The predicted molar refractivity (Wildman–Crippen MR) is 142 cm³/mol. The fourth-order valence-electron chi connectivity index (χ4n) is 3.25. The molecule has 1 aliphatic heterocycles. The van der Waals surface area contributed by atoms with Crippen LogP contribution in [0, 0.1) is 0 Å². The number of esters is 1. The van der Waals surface area contributed by atoms with E-state index in [0.717, 1.165) is 16.7 Å². The van der Waals surface area contributed by atoms with Crippen molar-refractivity contribution in [3.8, 4) is 11.5 Å². The van der Waals surface area contributed by atoms with E-state index in [1.165, 1.54) is 18.2 Å². The molecule has 0 unspecified atom stereocenters. The van der Waals surface area contributed by atoms with Crippen molar-refractivity contribution >= 4 is 58.1 Å². The molecule has 9 nitrogen and oxygen atoms in total. The third kappa shape index (κ3) is 7.14. The summed E-state index contributed by atoms with van der Waals surface area (Å²) in [5.74, 6) is -0.840. The average Bonchev–Trinajstić information content (AvgIpc) is 3.12. The van der Waals surface area contributed by atoms with Gasteiger partial charge in [0.2, 0.25) is 5.91 Å². The number of amides is 3. The zero-order valence-corrected chi connectivity index (χ0v) is 21.8. The molecule has 37 heavy (non-hydrogen) atoms. The molecular weight excluding hydrogens is 520 g/mol. The van der Waals surface area contributed by atoms with Crippen LogP contribution >= 0.6 is 23.4 Å². The number of hydrogen-bond donors (Lipinski definition) is 1. The largest absolute Gasteiger partial charge is 0.490 e. The van der Waals surface area contributed by atoms with Gasteiger partial charge in [-0.3, -0.25) is 19.3 Å². The number of anilines is 1. The van der Waals surface area contributed by atoms with Crippen molar-refractivity contribution in [3.05, 3.63) is 70.1 Å². The van der Waals surface area contributed by atoms with Crippen LogP contribution in [0.1, 0.15) is 29.8 Å². The highest BCUT2D eigenvalue weighted by Crippen LogP contribution is 2.34. The van der Waals surface area contributed by atoms with Gasteiger partial charge in [-0.2, -0.15) is 0 Å². The maximum absolute atomic E-state index is 12.9. The number of thioether (sulfide) groups is 1. The lowest BCUT2D eigenvalue weighted by Gasteiger charge is -2.13. The molecule has 0 radical (unpaired) electrons. The Morgan fingerprint density at radius 2 is 1.86 bits per heavy atom. The zero-order valence-electron chi connectivity index (χ0n) is 20.2. The second-order valence-electron chi connectivity index (χ2n) is 7.47. The first-order chi connectivity index (χ1) is 17.8. The minimum atomic E-state index is -0.632. The number of imide groups is 1. The number of nitrogens with one attached hydrogen (secondary N) is 1. The number of rotatable bonds is 11. The van der Waals surface area contributed by atoms with Crippen molar-refractivity contribution in [1.82, 2.24) is 4.90 Å². The van der Waals surface area contributed by atoms with Gasteiger partial charge in [-0.25, -0.2) is 4.79 Å². The summed E-state index contributed by atoms with van der Waals surface area (Å²) in [6.45, 7) is 7.50. The van der Waals surface area contributed by atoms with Crippen molar-refractivity contribution in [2.75, 3.05) is 31.7 Å². The van der Waals surface area contributed by atoms with Crippen LogP contribution in [-0.2, 0) is 14.3 Å². The first-order valence-electron chi connectivity index (χ1n) is 11.3. The van der Waals surface area contributed by atoms with Gasteiger partial charge in [0.25, 0.3) is 11.1 Å². The molecule has 1 N–H and O–H groups in total. The van der Waals surface area contributed by atoms with Crippen molar-refractivity contribution < 1.29 is 33.4 Å². The van der Waals surface area contributed by atoms with Crippen molar-refractivity contribution in [3.63, 3.8) is 0 Å². The van der Waals surface area contributed by atoms with Crippen LogP contribution in [0.2, 0.25) is 5.02 Å². The van der Waals surface area contributed by atoms with Gasteiger partial charge in [0.15, 0.2) is 11.5 Å². The SMILES string of the molecule is C=CCOc1ccc(/C=C2/SC(=O)N(CC(=O)Nc3ccc(Cl)c(C(=O)OCC)c3)C2=O)cc1OCC. The fourth-order valence-corrected chi connectivity index (χ4v) is 4.28. The molecule has 0 aliphatic carbocycles. The molecule has 11 heteroatoms. The highest BCUT2D eigenvalue weighted by Gasteiger charge is 2.36. The van der Waals surface area contributed by atoms with E-state index in [1.54, 1.807) is 37.3 Å². The van der Waals surface area contributed by atoms with E-state index in [9.17, 15) is 19.2 Å². The van der Waals surface area contributed by atoms with Gasteiger partial charge in [-0.15, -0.1) is 0 Å². The molecule has 3 amide bonds. The van der Waals surface area contributed by atoms with E-state index in [0.29, 0.717) is 30.3 Å². The molecule has 0 atom stereocenters. The molecule has 1 aliphatic rings. The van der Waals surface area contributed by atoms with Crippen LogP contribution in [0.5, 0.6) is 11.5 Å². The van der Waals surface area contributed by atoms with Gasteiger partial charge in [0, 0.05) is 5.69 Å². The third-order valence-electron chi connectivity index (χ3n) is 4.84. The Morgan fingerprint density at radius 1 is 1.08 bits per heavy atom. The lowest BCUT2D eigenvalue weighted by molar-refractivity contribution is -0.127. The molecule has 3 rings (SSSR count). The summed E-state index contributed by atoms with van der Waals surface area (Å²) in [7, 11) is 0. The van der Waals surface area contributed by atoms with Gasteiger partial charge < -0.3 is 19.5 Å². The highest BCUT2D eigenvalue weighted by atomic mass is 35.5. The van der Waals surface area contributed by atoms with Crippen molar-refractivity contribution in [1.29, 1.82) is 0 Å². The van der Waals surface area contributed by atoms with Gasteiger partial charge >= 0.3 is 5.97 Å². The van der Waals surface area contributed by atoms with Crippen molar-refractivity contribution in [2.24, 2.45) is 0 Å². The van der Waals surface area contributed by atoms with Crippen LogP contribution in [-0.4, -0.2) is 54.3 Å². The second-order valence-corrected chi connectivity index (χ2v) is 8.87. The van der Waals surface area contributed by atoms with Crippen molar-refractivity contribution in [2.45, 2.75) is 13.8 Å². The molecule has 194 valence electrons. The molecule has 1 saturated heterocycles. The minimum Gasteiger partial charge on any atom is -0.490 e. The summed E-state index contributed by atoms with van der Waals surface area (Å²) in [6.07, 6.45) is 3.16. The molecule has 1 fully saturated rings. The smallest absolute Gasteiger partial charge is 0.339 e. The molecule has 0 saturated carbocycles. The summed E-state index contributed by atoms with van der Waals surface area (Å²) in [5.41, 5.74) is 0.974.